The van der Waals surface area contributed by atoms with Crippen molar-refractivity contribution in [3.63, 3.8) is 0 Å². The molecule has 0 aliphatic rings. The summed E-state index contributed by atoms with van der Waals surface area (Å²) >= 11 is 0. The van der Waals surface area contributed by atoms with Crippen LogP contribution in [0.15, 0.2) is 53.4 Å². The first-order valence-electron chi connectivity index (χ1n) is 7.57. The quantitative estimate of drug-likeness (QED) is 0.318. The van der Waals surface area contributed by atoms with Crippen LogP contribution in [0.25, 0.3) is 10.8 Å². The largest absolute Gasteiger partial charge is 0.506 e. The van der Waals surface area contributed by atoms with Crippen LogP contribution in [0, 0.1) is 6.92 Å². The number of fused-ring (bicyclic) bond motifs is 1. The molecule has 134 valence electrons. The Morgan fingerprint density at radius 1 is 1.08 bits per heavy atom. The minimum Gasteiger partial charge on any atom is -0.506 e. The third-order valence-electron chi connectivity index (χ3n) is 4.05. The van der Waals surface area contributed by atoms with Gasteiger partial charge < -0.3 is 16.2 Å². The average Bonchev–Trinajstić information content (AvgIpc) is 2.58. The molecule has 0 saturated heterocycles. The van der Waals surface area contributed by atoms with E-state index in [9.17, 15) is 18.3 Å². The van der Waals surface area contributed by atoms with Gasteiger partial charge in [-0.2, -0.15) is 8.42 Å². The lowest BCUT2D eigenvalue weighted by atomic mass is 10.1. The predicted octanol–water partition coefficient (Wildman–Crippen LogP) is 2.94. The number of nitrogens with one attached hydrogen (secondary N) is 1. The van der Waals surface area contributed by atoms with E-state index in [0.29, 0.717) is 22.0 Å². The maximum atomic E-state index is 12.5. The number of carbonyl (C=O) groups is 1. The molecule has 0 bridgehead atoms. The highest BCUT2D eigenvalue weighted by molar-refractivity contribution is 7.85. The van der Waals surface area contributed by atoms with Crippen molar-refractivity contribution in [1.29, 1.82) is 0 Å². The van der Waals surface area contributed by atoms with Gasteiger partial charge in [0.1, 0.15) is 5.75 Å². The van der Waals surface area contributed by atoms with Gasteiger partial charge >= 0.3 is 0 Å². The number of hydrogen-bond acceptors (Lipinski definition) is 5. The Morgan fingerprint density at radius 2 is 1.81 bits per heavy atom. The molecule has 0 aromatic heterocycles. The molecule has 0 saturated carbocycles. The van der Waals surface area contributed by atoms with Gasteiger partial charge in [0.15, 0.2) is 0 Å². The van der Waals surface area contributed by atoms with E-state index in [2.05, 4.69) is 5.32 Å². The molecule has 5 N–H and O–H groups in total. The zero-order valence-electron chi connectivity index (χ0n) is 13.7. The molecule has 8 heteroatoms. The number of hydrogen-bond donors (Lipinski definition) is 4. The molecular formula is C18H16N2O5S. The van der Waals surface area contributed by atoms with Gasteiger partial charge in [-0.25, -0.2) is 0 Å². The van der Waals surface area contributed by atoms with Crippen LogP contribution in [-0.4, -0.2) is 24.0 Å². The number of amides is 1. The zero-order chi connectivity index (χ0) is 19.1. The molecule has 0 unspecified atom stereocenters. The van der Waals surface area contributed by atoms with Crippen LogP contribution in [0.5, 0.6) is 5.75 Å². The number of anilines is 2. The van der Waals surface area contributed by atoms with Gasteiger partial charge in [0, 0.05) is 16.6 Å². The van der Waals surface area contributed by atoms with E-state index in [4.69, 9.17) is 10.3 Å². The zero-order valence-corrected chi connectivity index (χ0v) is 14.5. The molecule has 3 aromatic carbocycles. The predicted molar refractivity (Wildman–Crippen MR) is 99.0 cm³/mol. The number of benzene rings is 3. The van der Waals surface area contributed by atoms with E-state index in [-0.39, 0.29) is 16.3 Å². The number of phenols is 1. The Hall–Kier alpha value is -3.10. The van der Waals surface area contributed by atoms with Crippen molar-refractivity contribution in [1.82, 2.24) is 0 Å². The monoisotopic (exact) mass is 372 g/mol. The van der Waals surface area contributed by atoms with E-state index in [0.717, 1.165) is 5.56 Å². The summed E-state index contributed by atoms with van der Waals surface area (Å²) in [6.45, 7) is 1.82. The van der Waals surface area contributed by atoms with Crippen molar-refractivity contribution >= 4 is 38.2 Å². The molecule has 0 spiro atoms. The van der Waals surface area contributed by atoms with Gasteiger partial charge in [-0.05, 0) is 48.2 Å². The van der Waals surface area contributed by atoms with E-state index in [1.807, 2.05) is 6.92 Å². The van der Waals surface area contributed by atoms with Crippen molar-refractivity contribution in [2.75, 3.05) is 11.1 Å². The van der Waals surface area contributed by atoms with Crippen LogP contribution in [0.2, 0.25) is 0 Å². The van der Waals surface area contributed by atoms with Gasteiger partial charge in [0.2, 0.25) is 0 Å². The summed E-state index contributed by atoms with van der Waals surface area (Å²) in [4.78, 5) is 12.2. The Balaban J connectivity index is 2.05. The number of nitrogens with two attached hydrogens (primary N) is 1. The Kier molecular flexibility index (Phi) is 4.31. The molecule has 3 rings (SSSR count). The molecule has 0 radical (unpaired) electrons. The van der Waals surface area contributed by atoms with Crippen LogP contribution in [-0.2, 0) is 10.1 Å². The van der Waals surface area contributed by atoms with Gasteiger partial charge in [0.05, 0.1) is 10.6 Å². The molecular weight excluding hydrogens is 356 g/mol. The van der Waals surface area contributed by atoms with E-state index < -0.39 is 16.0 Å². The average molecular weight is 372 g/mol. The van der Waals surface area contributed by atoms with Crippen LogP contribution >= 0.6 is 0 Å². The summed E-state index contributed by atoms with van der Waals surface area (Å²) in [5, 5.41) is 13.6. The topological polar surface area (TPSA) is 130 Å². The SMILES string of the molecule is Cc1ccc(C(=O)Nc2c(O)ccc3cc(S(=O)(=O)O)ccc23)cc1N. The molecule has 3 aromatic rings. The van der Waals surface area contributed by atoms with Crippen molar-refractivity contribution in [3.05, 3.63) is 59.7 Å². The number of nitrogen functional groups attached to an aromatic ring is 1. The lowest BCUT2D eigenvalue weighted by Gasteiger charge is -2.12. The summed E-state index contributed by atoms with van der Waals surface area (Å²) < 4.78 is 31.7. The Morgan fingerprint density at radius 3 is 2.46 bits per heavy atom. The van der Waals surface area contributed by atoms with Gasteiger partial charge in [-0.3, -0.25) is 9.35 Å². The highest BCUT2D eigenvalue weighted by atomic mass is 32.2. The van der Waals surface area contributed by atoms with Crippen LogP contribution in [0.3, 0.4) is 0 Å². The third-order valence-corrected chi connectivity index (χ3v) is 4.90. The van der Waals surface area contributed by atoms with Crippen LogP contribution in [0.1, 0.15) is 15.9 Å². The van der Waals surface area contributed by atoms with E-state index in [1.165, 1.54) is 36.4 Å². The highest BCUT2D eigenvalue weighted by Gasteiger charge is 2.15. The molecule has 0 heterocycles. The minimum atomic E-state index is -4.36. The third kappa shape index (κ3) is 3.32. The van der Waals surface area contributed by atoms with Crippen molar-refractivity contribution in [3.8, 4) is 5.75 Å². The summed E-state index contributed by atoms with van der Waals surface area (Å²) in [6.07, 6.45) is 0. The lowest BCUT2D eigenvalue weighted by molar-refractivity contribution is 0.102. The molecule has 0 atom stereocenters. The number of aryl methyl sites for hydroxylation is 1. The van der Waals surface area contributed by atoms with Crippen LogP contribution in [0.4, 0.5) is 11.4 Å². The second-order valence-corrected chi connectivity index (χ2v) is 7.26. The van der Waals surface area contributed by atoms with Gasteiger partial charge in [0.25, 0.3) is 16.0 Å². The maximum absolute atomic E-state index is 12.5. The summed E-state index contributed by atoms with van der Waals surface area (Å²) in [6, 6.07) is 11.5. The molecule has 1 amide bonds. The molecule has 0 aliphatic carbocycles. The smallest absolute Gasteiger partial charge is 0.294 e. The van der Waals surface area contributed by atoms with E-state index in [1.54, 1.807) is 12.1 Å². The first-order chi connectivity index (χ1) is 12.2. The summed E-state index contributed by atoms with van der Waals surface area (Å²) in [7, 11) is -4.36. The number of rotatable bonds is 3. The fourth-order valence-corrected chi connectivity index (χ4v) is 3.07. The maximum Gasteiger partial charge on any atom is 0.294 e. The first kappa shape index (κ1) is 17.7. The lowest BCUT2D eigenvalue weighted by Crippen LogP contribution is -2.13. The molecule has 0 aliphatic heterocycles. The molecule has 0 fully saturated rings. The van der Waals surface area contributed by atoms with Crippen molar-refractivity contribution < 1.29 is 22.9 Å². The van der Waals surface area contributed by atoms with Crippen LogP contribution < -0.4 is 11.1 Å². The van der Waals surface area contributed by atoms with Crippen molar-refractivity contribution in [2.24, 2.45) is 0 Å². The standard InChI is InChI=1S/C18H16N2O5S/c1-10-2-3-12(9-15(10)19)18(22)20-17-14-6-5-13(26(23,24)25)8-11(14)4-7-16(17)21/h2-9,21H,19H2,1H3,(H,20,22)(H,23,24,25). The highest BCUT2D eigenvalue weighted by Crippen LogP contribution is 2.34. The molecule has 7 nitrogen and oxygen atoms in total. The first-order valence-corrected chi connectivity index (χ1v) is 9.01. The second kappa shape index (κ2) is 6.32. The normalized spacial score (nSPS) is 11.5. The van der Waals surface area contributed by atoms with Gasteiger partial charge in [-0.15, -0.1) is 0 Å². The summed E-state index contributed by atoms with van der Waals surface area (Å²) in [5.41, 5.74) is 7.58. The van der Waals surface area contributed by atoms with E-state index >= 15 is 0 Å². The number of phenolic OH excluding ortho intramolecular Hbond substituents is 1. The second-order valence-electron chi connectivity index (χ2n) is 5.84. The Bertz CT molecular complexity index is 1140. The number of aromatic hydroxyl groups is 1. The van der Waals surface area contributed by atoms with Crippen molar-refractivity contribution in [2.45, 2.75) is 11.8 Å². The fraction of sp³-hybridized carbons (Fsp3) is 0.0556. The number of carbonyl (C=O) groups excluding carboxylic acids is 1. The summed E-state index contributed by atoms with van der Waals surface area (Å²) in [5.74, 6) is -0.649. The fourth-order valence-electron chi connectivity index (χ4n) is 2.56. The Labute approximate surface area is 149 Å². The minimum absolute atomic E-state index is 0.133. The van der Waals surface area contributed by atoms with Gasteiger partial charge in [-0.1, -0.05) is 18.2 Å². The molecule has 26 heavy (non-hydrogen) atoms.